The number of amides is 2. The van der Waals surface area contributed by atoms with Crippen molar-refractivity contribution in [1.29, 1.82) is 0 Å². The van der Waals surface area contributed by atoms with E-state index in [1.807, 2.05) is 0 Å². The van der Waals surface area contributed by atoms with Crippen LogP contribution in [0.1, 0.15) is 23.3 Å². The molecule has 1 saturated heterocycles. The zero-order valence-corrected chi connectivity index (χ0v) is 18.0. The lowest BCUT2D eigenvalue weighted by atomic mass is 10.1. The summed E-state index contributed by atoms with van der Waals surface area (Å²) in [5, 5.41) is 13.4. The van der Waals surface area contributed by atoms with Crippen molar-refractivity contribution in [3.05, 3.63) is 42.0 Å². The average molecular weight is 441 g/mol. The molecule has 0 aliphatic carbocycles. The molecule has 1 unspecified atom stereocenters. The van der Waals surface area contributed by atoms with Crippen molar-refractivity contribution in [2.45, 2.75) is 18.9 Å². The predicted octanol–water partition coefficient (Wildman–Crippen LogP) is 2.01. The van der Waals surface area contributed by atoms with Crippen molar-refractivity contribution >= 4 is 34.7 Å². The number of benzene rings is 1. The smallest absolute Gasteiger partial charge is 0.272 e. The second-order valence-corrected chi connectivity index (χ2v) is 7.47. The SMILES string of the molecule is CNc1cc(Nc2ccc(F)cc2OC)nn2c(C(=O)NC3CCCN(C)C3=O)cnc12. The van der Waals surface area contributed by atoms with Crippen LogP contribution >= 0.6 is 0 Å². The first-order valence-electron chi connectivity index (χ1n) is 10.1. The predicted molar refractivity (Wildman–Crippen MR) is 117 cm³/mol. The van der Waals surface area contributed by atoms with Crippen LogP contribution in [0, 0.1) is 5.82 Å². The van der Waals surface area contributed by atoms with Crippen LogP contribution < -0.4 is 20.7 Å². The van der Waals surface area contributed by atoms with Gasteiger partial charge in [-0.05, 0) is 25.0 Å². The molecule has 10 nitrogen and oxygen atoms in total. The van der Waals surface area contributed by atoms with Crippen LogP contribution in [0.15, 0.2) is 30.5 Å². The van der Waals surface area contributed by atoms with Crippen LogP contribution in [0.3, 0.4) is 0 Å². The van der Waals surface area contributed by atoms with Crippen molar-refractivity contribution in [1.82, 2.24) is 24.8 Å². The summed E-state index contributed by atoms with van der Waals surface area (Å²) in [5.74, 6) is -0.304. The summed E-state index contributed by atoms with van der Waals surface area (Å²) in [6.45, 7) is 0.676. The van der Waals surface area contributed by atoms with E-state index in [1.54, 1.807) is 25.1 Å². The number of anilines is 3. The van der Waals surface area contributed by atoms with E-state index in [2.05, 4.69) is 26.0 Å². The maximum absolute atomic E-state index is 13.5. The molecule has 11 heteroatoms. The number of halogens is 1. The molecule has 3 aromatic rings. The number of carbonyl (C=O) groups excluding carboxylic acids is 2. The Hall–Kier alpha value is -3.89. The third-order valence-electron chi connectivity index (χ3n) is 5.36. The number of rotatable bonds is 6. The van der Waals surface area contributed by atoms with Crippen LogP contribution in [0.25, 0.3) is 5.65 Å². The number of ether oxygens (including phenoxy) is 1. The van der Waals surface area contributed by atoms with Crippen LogP contribution in [-0.4, -0.2) is 65.1 Å². The van der Waals surface area contributed by atoms with Crippen molar-refractivity contribution in [3.63, 3.8) is 0 Å². The second kappa shape index (κ2) is 8.69. The Balaban J connectivity index is 1.67. The quantitative estimate of drug-likeness (QED) is 0.536. The Morgan fingerprint density at radius 3 is 2.84 bits per heavy atom. The number of piperidine rings is 1. The Kier molecular flexibility index (Phi) is 5.80. The molecular weight excluding hydrogens is 417 g/mol. The maximum atomic E-state index is 13.5. The highest BCUT2D eigenvalue weighted by Crippen LogP contribution is 2.29. The number of imidazole rings is 1. The molecule has 1 aliphatic heterocycles. The normalized spacial score (nSPS) is 16.2. The Morgan fingerprint density at radius 2 is 2.09 bits per heavy atom. The van der Waals surface area contributed by atoms with Crippen LogP contribution in [0.5, 0.6) is 5.75 Å². The summed E-state index contributed by atoms with van der Waals surface area (Å²) in [6.07, 6.45) is 2.81. The Labute approximate surface area is 183 Å². The number of hydrogen-bond donors (Lipinski definition) is 3. The monoisotopic (exact) mass is 441 g/mol. The third kappa shape index (κ3) is 4.01. The summed E-state index contributed by atoms with van der Waals surface area (Å²) in [4.78, 5) is 31.2. The number of likely N-dealkylation sites (N-methyl/N-ethyl adjacent to an activating group) is 1. The molecule has 0 bridgehead atoms. The minimum Gasteiger partial charge on any atom is -0.494 e. The Morgan fingerprint density at radius 1 is 1.28 bits per heavy atom. The second-order valence-electron chi connectivity index (χ2n) is 7.47. The molecule has 1 fully saturated rings. The van der Waals surface area contributed by atoms with Gasteiger partial charge in [-0.25, -0.2) is 13.9 Å². The molecule has 1 aromatic carbocycles. The molecule has 0 spiro atoms. The van der Waals surface area contributed by atoms with E-state index >= 15 is 0 Å². The number of likely N-dealkylation sites (tertiary alicyclic amines) is 1. The number of methoxy groups -OCH3 is 1. The number of aromatic nitrogens is 3. The number of nitrogens with one attached hydrogen (secondary N) is 3. The molecule has 1 atom stereocenters. The number of hydrogen-bond acceptors (Lipinski definition) is 7. The summed E-state index contributed by atoms with van der Waals surface area (Å²) >= 11 is 0. The summed E-state index contributed by atoms with van der Waals surface area (Å²) in [5.41, 5.74) is 1.76. The van der Waals surface area contributed by atoms with Gasteiger partial charge in [0.2, 0.25) is 5.91 Å². The van der Waals surface area contributed by atoms with Gasteiger partial charge in [0.25, 0.3) is 5.91 Å². The molecule has 4 rings (SSSR count). The van der Waals surface area contributed by atoms with Crippen molar-refractivity contribution in [3.8, 4) is 5.75 Å². The van der Waals surface area contributed by atoms with Crippen molar-refractivity contribution < 1.29 is 18.7 Å². The summed E-state index contributed by atoms with van der Waals surface area (Å²) in [6, 6.07) is 5.23. The van der Waals surface area contributed by atoms with Gasteiger partial charge in [-0.3, -0.25) is 9.59 Å². The molecule has 3 heterocycles. The van der Waals surface area contributed by atoms with Crippen LogP contribution in [0.4, 0.5) is 21.6 Å². The van der Waals surface area contributed by atoms with E-state index in [1.165, 1.54) is 36.0 Å². The largest absolute Gasteiger partial charge is 0.494 e. The highest BCUT2D eigenvalue weighted by molar-refractivity contribution is 5.97. The maximum Gasteiger partial charge on any atom is 0.272 e. The van der Waals surface area contributed by atoms with Gasteiger partial charge in [0.1, 0.15) is 17.6 Å². The lowest BCUT2D eigenvalue weighted by Crippen LogP contribution is -2.51. The van der Waals surface area contributed by atoms with Gasteiger partial charge in [-0.2, -0.15) is 0 Å². The van der Waals surface area contributed by atoms with Crippen LogP contribution in [0.2, 0.25) is 0 Å². The molecule has 2 aromatic heterocycles. The Bertz CT molecular complexity index is 1180. The molecule has 168 valence electrons. The lowest BCUT2D eigenvalue weighted by Gasteiger charge is -2.29. The number of fused-ring (bicyclic) bond motifs is 1. The molecule has 0 saturated carbocycles. The van der Waals surface area contributed by atoms with E-state index < -0.39 is 17.8 Å². The first kappa shape index (κ1) is 21.3. The van der Waals surface area contributed by atoms with Crippen molar-refractivity contribution in [2.75, 3.05) is 38.4 Å². The van der Waals surface area contributed by atoms with Gasteiger partial charge in [-0.15, -0.1) is 5.10 Å². The fraction of sp³-hybridized carbons (Fsp3) is 0.333. The van der Waals surface area contributed by atoms with Gasteiger partial charge in [0.05, 0.1) is 24.7 Å². The van der Waals surface area contributed by atoms with E-state index in [-0.39, 0.29) is 11.6 Å². The fourth-order valence-electron chi connectivity index (χ4n) is 3.67. The molecule has 3 N–H and O–H groups in total. The molecule has 0 radical (unpaired) electrons. The summed E-state index contributed by atoms with van der Waals surface area (Å²) in [7, 11) is 4.89. The summed E-state index contributed by atoms with van der Waals surface area (Å²) < 4.78 is 20.2. The molecule has 2 amide bonds. The standard InChI is InChI=1S/C21H24FN7O3/c1-23-15-10-18(25-13-7-6-12(22)9-17(13)32-3)27-29-16(11-24-19(15)29)20(30)26-14-5-4-8-28(2)21(14)31/h6-7,9-11,14,23H,4-5,8H2,1-3H3,(H,25,27)(H,26,30). The highest BCUT2D eigenvalue weighted by Gasteiger charge is 2.29. The van der Waals surface area contributed by atoms with E-state index in [4.69, 9.17) is 4.74 Å². The van der Waals surface area contributed by atoms with Crippen LogP contribution in [-0.2, 0) is 4.79 Å². The number of carbonyl (C=O) groups is 2. The number of nitrogens with zero attached hydrogens (tertiary/aromatic N) is 4. The fourth-order valence-corrected chi connectivity index (χ4v) is 3.67. The van der Waals surface area contributed by atoms with E-state index in [9.17, 15) is 14.0 Å². The molecule has 1 aliphatic rings. The van der Waals surface area contributed by atoms with Gasteiger partial charge in [0.15, 0.2) is 17.2 Å². The average Bonchev–Trinajstić information content (AvgIpc) is 3.21. The molecule has 32 heavy (non-hydrogen) atoms. The van der Waals surface area contributed by atoms with Gasteiger partial charge in [-0.1, -0.05) is 0 Å². The topological polar surface area (TPSA) is 113 Å². The van der Waals surface area contributed by atoms with Gasteiger partial charge >= 0.3 is 0 Å². The van der Waals surface area contributed by atoms with E-state index in [0.29, 0.717) is 41.6 Å². The first-order valence-corrected chi connectivity index (χ1v) is 10.1. The van der Waals surface area contributed by atoms with Gasteiger partial charge in [0, 0.05) is 32.8 Å². The minimum absolute atomic E-state index is 0.118. The zero-order chi connectivity index (χ0) is 22.8. The van der Waals surface area contributed by atoms with Gasteiger partial charge < -0.3 is 25.6 Å². The first-order chi connectivity index (χ1) is 15.4. The highest BCUT2D eigenvalue weighted by atomic mass is 19.1. The minimum atomic E-state index is -0.583. The lowest BCUT2D eigenvalue weighted by molar-refractivity contribution is -0.134. The zero-order valence-electron chi connectivity index (χ0n) is 18.0. The van der Waals surface area contributed by atoms with E-state index in [0.717, 1.165) is 6.42 Å². The molecular formula is C21H24FN7O3. The third-order valence-corrected chi connectivity index (χ3v) is 5.36. The van der Waals surface area contributed by atoms with Crippen molar-refractivity contribution in [2.24, 2.45) is 0 Å².